The van der Waals surface area contributed by atoms with Crippen molar-refractivity contribution in [1.29, 1.82) is 0 Å². The Bertz CT molecular complexity index is 739. The van der Waals surface area contributed by atoms with Gasteiger partial charge in [0.1, 0.15) is 6.04 Å². The van der Waals surface area contributed by atoms with E-state index in [1.54, 1.807) is 25.8 Å². The lowest BCUT2D eigenvalue weighted by atomic mass is 9.82. The molecule has 36 heavy (non-hydrogen) atoms. The van der Waals surface area contributed by atoms with E-state index in [0.717, 1.165) is 32.1 Å². The summed E-state index contributed by atoms with van der Waals surface area (Å²) < 4.78 is 5.15. The average molecular weight is 508 g/mol. The van der Waals surface area contributed by atoms with Crippen LogP contribution in [0.1, 0.15) is 107 Å². The average Bonchev–Trinajstić information content (AvgIpc) is 2.88. The molecule has 2 unspecified atom stereocenters. The minimum atomic E-state index is -0.709. The van der Waals surface area contributed by atoms with Gasteiger partial charge in [-0.1, -0.05) is 60.0 Å². The van der Waals surface area contributed by atoms with Gasteiger partial charge in [0.25, 0.3) is 0 Å². The highest BCUT2D eigenvalue weighted by Gasteiger charge is 2.41. The van der Waals surface area contributed by atoms with Gasteiger partial charge in [-0.15, -0.1) is 0 Å². The zero-order valence-corrected chi connectivity index (χ0v) is 24.4. The summed E-state index contributed by atoms with van der Waals surface area (Å²) in [5, 5.41) is 6.77. The normalized spacial score (nSPS) is 17.9. The number of ether oxygens (including phenoxy) is 1. The third-order valence-electron chi connectivity index (χ3n) is 7.95. The minimum absolute atomic E-state index is 0.0866. The van der Waals surface area contributed by atoms with Crippen LogP contribution in [-0.4, -0.2) is 60.0 Å². The molecule has 0 aromatic carbocycles. The lowest BCUT2D eigenvalue weighted by Gasteiger charge is -2.40. The number of rotatable bonds is 14. The molecular weight excluding hydrogens is 454 g/mol. The van der Waals surface area contributed by atoms with Crippen LogP contribution >= 0.6 is 0 Å². The van der Waals surface area contributed by atoms with Crippen molar-refractivity contribution in [1.82, 2.24) is 15.5 Å². The first kappa shape index (κ1) is 32.1. The number of hydrogen-bond donors (Lipinski definition) is 2. The monoisotopic (exact) mass is 507 g/mol. The van der Waals surface area contributed by atoms with Crippen molar-refractivity contribution >= 4 is 17.8 Å². The van der Waals surface area contributed by atoms with E-state index in [1.165, 1.54) is 6.42 Å². The molecule has 2 N–H and O–H groups in total. The highest BCUT2D eigenvalue weighted by atomic mass is 16.5. The third kappa shape index (κ3) is 8.60. The summed E-state index contributed by atoms with van der Waals surface area (Å²) in [4.78, 5) is 41.8. The largest absolute Gasteiger partial charge is 0.463 e. The highest BCUT2D eigenvalue weighted by Crippen LogP contribution is 2.29. The zero-order valence-electron chi connectivity index (χ0n) is 24.4. The number of amides is 2. The summed E-state index contributed by atoms with van der Waals surface area (Å²) in [6.45, 7) is 16.1. The Morgan fingerprint density at radius 2 is 1.61 bits per heavy atom. The van der Waals surface area contributed by atoms with Crippen molar-refractivity contribution in [3.8, 4) is 0 Å². The van der Waals surface area contributed by atoms with E-state index in [2.05, 4.69) is 24.5 Å². The summed E-state index contributed by atoms with van der Waals surface area (Å²) in [5.74, 6) is -0.358. The molecule has 1 rings (SSSR count). The number of likely N-dealkylation sites (N-methyl/N-ethyl adjacent to an activating group) is 1. The Morgan fingerprint density at radius 1 is 1.03 bits per heavy atom. The molecule has 1 fully saturated rings. The van der Waals surface area contributed by atoms with Crippen LogP contribution in [0.25, 0.3) is 0 Å². The fourth-order valence-corrected chi connectivity index (χ4v) is 5.23. The molecule has 1 aliphatic rings. The maximum atomic E-state index is 14.0. The molecule has 0 aromatic heterocycles. The first-order valence-electron chi connectivity index (χ1n) is 14.2. The molecule has 0 heterocycles. The Kier molecular flexibility index (Phi) is 13.7. The quantitative estimate of drug-likeness (QED) is 0.255. The number of carbonyl (C=O) groups is 3. The summed E-state index contributed by atoms with van der Waals surface area (Å²) in [7, 11) is 1.79. The van der Waals surface area contributed by atoms with Gasteiger partial charge in [0.05, 0.1) is 18.2 Å². The minimum Gasteiger partial charge on any atom is -0.463 e. The molecule has 0 radical (unpaired) electrons. The Morgan fingerprint density at radius 3 is 2.08 bits per heavy atom. The van der Waals surface area contributed by atoms with E-state index >= 15 is 0 Å². The predicted octanol–water partition coefficient (Wildman–Crippen LogP) is 4.99. The molecule has 0 bridgehead atoms. The van der Waals surface area contributed by atoms with Gasteiger partial charge in [-0.25, -0.2) is 4.79 Å². The standard InChI is InChI=1S/C29H53N3O4/c1-10-22(8)31-29(11-2,12-3)28(35)30-25(23-17-15-14-16-18-23)26(33)32(9)24(20(5)6)19-21(7)27(34)36-13-4/h19-20,22-25,31H,10-18H2,1-9H3,(H,30,35)/b21-19+/t22?,24-,25?/m1/s1. The van der Waals surface area contributed by atoms with E-state index in [1.807, 2.05) is 33.8 Å². The first-order chi connectivity index (χ1) is 17.0. The van der Waals surface area contributed by atoms with Crippen LogP contribution in [0.4, 0.5) is 0 Å². The highest BCUT2D eigenvalue weighted by molar-refractivity contribution is 5.93. The fraction of sp³-hybridized carbons (Fsp3) is 0.828. The SMILES string of the molecule is CCOC(=O)/C(C)=C/[C@H](C(C)C)N(C)C(=O)C(NC(=O)C(CC)(CC)NC(C)CC)C1CCCCC1. The number of hydrogen-bond acceptors (Lipinski definition) is 5. The third-order valence-corrected chi connectivity index (χ3v) is 7.95. The van der Waals surface area contributed by atoms with Crippen molar-refractivity contribution < 1.29 is 19.1 Å². The number of esters is 1. The zero-order chi connectivity index (χ0) is 27.5. The smallest absolute Gasteiger partial charge is 0.333 e. The second-order valence-electron chi connectivity index (χ2n) is 10.8. The topological polar surface area (TPSA) is 87.7 Å². The lowest BCUT2D eigenvalue weighted by Crippen LogP contribution is -2.63. The van der Waals surface area contributed by atoms with Crippen molar-refractivity contribution in [2.24, 2.45) is 11.8 Å². The lowest BCUT2D eigenvalue weighted by molar-refractivity contribution is -0.141. The van der Waals surface area contributed by atoms with Gasteiger partial charge in [-0.05, 0) is 64.7 Å². The molecule has 3 atom stereocenters. The maximum Gasteiger partial charge on any atom is 0.333 e. The van der Waals surface area contributed by atoms with Crippen LogP contribution in [-0.2, 0) is 19.1 Å². The van der Waals surface area contributed by atoms with Crippen LogP contribution in [0, 0.1) is 11.8 Å². The van der Waals surface area contributed by atoms with Crippen LogP contribution < -0.4 is 10.6 Å². The van der Waals surface area contributed by atoms with Gasteiger partial charge >= 0.3 is 5.97 Å². The maximum absolute atomic E-state index is 14.0. The summed E-state index contributed by atoms with van der Waals surface area (Å²) in [6, 6.07) is -0.676. The van der Waals surface area contributed by atoms with E-state index in [9.17, 15) is 14.4 Å². The summed E-state index contributed by atoms with van der Waals surface area (Å²) in [5.41, 5.74) is -0.221. The molecule has 0 spiro atoms. The molecule has 7 nitrogen and oxygen atoms in total. The van der Waals surface area contributed by atoms with Crippen molar-refractivity contribution in [2.45, 2.75) is 130 Å². The van der Waals surface area contributed by atoms with Gasteiger partial charge in [0, 0.05) is 18.7 Å². The molecule has 208 valence electrons. The summed E-state index contributed by atoms with van der Waals surface area (Å²) >= 11 is 0. The van der Waals surface area contributed by atoms with Gasteiger partial charge in [-0.2, -0.15) is 0 Å². The molecule has 1 aliphatic carbocycles. The van der Waals surface area contributed by atoms with Crippen LogP contribution in [0.15, 0.2) is 11.6 Å². The van der Waals surface area contributed by atoms with E-state index in [0.29, 0.717) is 25.0 Å². The van der Waals surface area contributed by atoms with Crippen molar-refractivity contribution in [3.63, 3.8) is 0 Å². The Hall–Kier alpha value is -1.89. The van der Waals surface area contributed by atoms with Gasteiger partial charge in [0.2, 0.25) is 11.8 Å². The van der Waals surface area contributed by atoms with E-state index in [-0.39, 0.29) is 41.7 Å². The van der Waals surface area contributed by atoms with Gasteiger partial charge in [0.15, 0.2) is 0 Å². The molecular formula is C29H53N3O4. The fourth-order valence-electron chi connectivity index (χ4n) is 5.23. The predicted molar refractivity (Wildman–Crippen MR) is 146 cm³/mol. The second kappa shape index (κ2) is 15.4. The van der Waals surface area contributed by atoms with Crippen LogP contribution in [0.5, 0.6) is 0 Å². The van der Waals surface area contributed by atoms with Crippen molar-refractivity contribution in [3.05, 3.63) is 11.6 Å². The molecule has 0 aromatic rings. The van der Waals surface area contributed by atoms with Crippen LogP contribution in [0.2, 0.25) is 0 Å². The number of nitrogens with one attached hydrogen (secondary N) is 2. The molecule has 0 aliphatic heterocycles. The Balaban J connectivity index is 3.30. The van der Waals surface area contributed by atoms with Crippen molar-refractivity contribution in [2.75, 3.05) is 13.7 Å². The number of nitrogens with zero attached hydrogens (tertiary/aromatic N) is 1. The van der Waals surface area contributed by atoms with Gasteiger partial charge < -0.3 is 20.3 Å². The van der Waals surface area contributed by atoms with E-state index in [4.69, 9.17) is 4.74 Å². The van der Waals surface area contributed by atoms with E-state index < -0.39 is 11.6 Å². The Labute approximate surface area is 220 Å². The van der Waals surface area contributed by atoms with Gasteiger partial charge in [-0.3, -0.25) is 9.59 Å². The molecule has 1 saturated carbocycles. The second-order valence-corrected chi connectivity index (χ2v) is 10.8. The van der Waals surface area contributed by atoms with Crippen LogP contribution in [0.3, 0.4) is 0 Å². The first-order valence-corrected chi connectivity index (χ1v) is 14.2. The number of carbonyl (C=O) groups excluding carboxylic acids is 3. The molecule has 0 saturated heterocycles. The molecule has 2 amide bonds. The summed E-state index contributed by atoms with van der Waals surface area (Å²) in [6.07, 6.45) is 9.22. The molecule has 7 heteroatoms.